The van der Waals surface area contributed by atoms with Crippen molar-refractivity contribution in [1.29, 1.82) is 5.26 Å². The molecule has 1 saturated carbocycles. The van der Waals surface area contributed by atoms with Gasteiger partial charge in [-0.15, -0.1) is 0 Å². The number of amides is 3. The van der Waals surface area contributed by atoms with Crippen LogP contribution in [0.25, 0.3) is 0 Å². The highest BCUT2D eigenvalue weighted by Gasteiger charge is 2.23. The second-order valence-corrected chi connectivity index (χ2v) is 6.16. The molecule has 0 spiro atoms. The van der Waals surface area contributed by atoms with Gasteiger partial charge in [0.15, 0.2) is 18.1 Å². The highest BCUT2D eigenvalue weighted by molar-refractivity contribution is 5.95. The summed E-state index contributed by atoms with van der Waals surface area (Å²) in [7, 11) is 1.45. The molecule has 2 atom stereocenters. The van der Waals surface area contributed by atoms with Crippen molar-refractivity contribution in [3.8, 4) is 17.6 Å². The van der Waals surface area contributed by atoms with E-state index in [0.29, 0.717) is 23.0 Å². The highest BCUT2D eigenvalue weighted by atomic mass is 16.5. The van der Waals surface area contributed by atoms with Crippen LogP contribution >= 0.6 is 0 Å². The Kier molecular flexibility index (Phi) is 6.63. The lowest BCUT2D eigenvalue weighted by Crippen LogP contribution is -2.48. The van der Waals surface area contributed by atoms with Crippen LogP contribution in [-0.2, 0) is 4.79 Å². The van der Waals surface area contributed by atoms with Crippen molar-refractivity contribution >= 4 is 11.9 Å². The first-order chi connectivity index (χ1) is 12.0. The van der Waals surface area contributed by atoms with Crippen molar-refractivity contribution in [3.05, 3.63) is 23.8 Å². The molecule has 1 fully saturated rings. The third kappa shape index (κ3) is 5.38. The molecule has 25 heavy (non-hydrogen) atoms. The van der Waals surface area contributed by atoms with E-state index >= 15 is 0 Å². The lowest BCUT2D eigenvalue weighted by atomic mass is 9.86. The first-order valence-electron chi connectivity index (χ1n) is 8.34. The van der Waals surface area contributed by atoms with Crippen molar-refractivity contribution in [2.75, 3.05) is 13.7 Å². The van der Waals surface area contributed by atoms with E-state index in [0.717, 1.165) is 19.3 Å². The molecule has 7 heteroatoms. The largest absolute Gasteiger partial charge is 0.493 e. The van der Waals surface area contributed by atoms with E-state index in [1.165, 1.54) is 19.6 Å². The van der Waals surface area contributed by atoms with Crippen molar-refractivity contribution in [1.82, 2.24) is 10.6 Å². The fourth-order valence-electron chi connectivity index (χ4n) is 2.90. The van der Waals surface area contributed by atoms with Crippen LogP contribution in [0.4, 0.5) is 4.79 Å². The van der Waals surface area contributed by atoms with Crippen LogP contribution in [0.5, 0.6) is 11.5 Å². The number of benzene rings is 1. The number of nitrogens with one attached hydrogen (secondary N) is 2. The Morgan fingerprint density at radius 1 is 1.28 bits per heavy atom. The van der Waals surface area contributed by atoms with Gasteiger partial charge in [0.05, 0.1) is 18.7 Å². The van der Waals surface area contributed by atoms with E-state index in [4.69, 9.17) is 14.7 Å². The fraction of sp³-hybridized carbons (Fsp3) is 0.500. The summed E-state index contributed by atoms with van der Waals surface area (Å²) in [4.78, 5) is 23.8. The Morgan fingerprint density at radius 2 is 2.04 bits per heavy atom. The Balaban J connectivity index is 1.82. The number of nitrogens with zero attached hydrogens (tertiary/aromatic N) is 1. The van der Waals surface area contributed by atoms with E-state index in [1.54, 1.807) is 12.1 Å². The van der Waals surface area contributed by atoms with Crippen molar-refractivity contribution in [2.24, 2.45) is 5.92 Å². The number of carbonyl (C=O) groups is 2. The smallest absolute Gasteiger partial charge is 0.321 e. The van der Waals surface area contributed by atoms with Gasteiger partial charge in [0, 0.05) is 12.1 Å². The summed E-state index contributed by atoms with van der Waals surface area (Å²) in [5.41, 5.74) is 0.426. The lowest BCUT2D eigenvalue weighted by molar-refractivity contribution is -0.122. The quantitative estimate of drug-likeness (QED) is 0.853. The van der Waals surface area contributed by atoms with Crippen molar-refractivity contribution in [2.45, 2.75) is 38.6 Å². The topological polar surface area (TPSA) is 100 Å². The Bertz CT molecular complexity index is 669. The molecule has 0 unspecified atom stereocenters. The van der Waals surface area contributed by atoms with E-state index in [-0.39, 0.29) is 12.6 Å². The van der Waals surface area contributed by atoms with Gasteiger partial charge in [-0.3, -0.25) is 10.1 Å². The Morgan fingerprint density at radius 3 is 2.72 bits per heavy atom. The van der Waals surface area contributed by atoms with Gasteiger partial charge in [-0.2, -0.15) is 5.26 Å². The van der Waals surface area contributed by atoms with Crippen LogP contribution in [0, 0.1) is 17.2 Å². The van der Waals surface area contributed by atoms with Crippen LogP contribution < -0.4 is 20.1 Å². The number of imide groups is 1. The normalized spacial score (nSPS) is 19.4. The summed E-state index contributed by atoms with van der Waals surface area (Å²) in [6, 6.07) is 6.22. The molecule has 2 N–H and O–H groups in total. The summed E-state index contributed by atoms with van der Waals surface area (Å²) in [5, 5.41) is 14.0. The highest BCUT2D eigenvalue weighted by Crippen LogP contribution is 2.27. The number of urea groups is 1. The molecule has 0 aliphatic heterocycles. The predicted molar refractivity (Wildman–Crippen MR) is 91.3 cm³/mol. The van der Waals surface area contributed by atoms with E-state index in [2.05, 4.69) is 17.6 Å². The molecule has 0 aromatic heterocycles. The van der Waals surface area contributed by atoms with Crippen LogP contribution in [-0.4, -0.2) is 31.7 Å². The van der Waals surface area contributed by atoms with Crippen molar-refractivity contribution < 1.29 is 19.1 Å². The predicted octanol–water partition coefficient (Wildman–Crippen LogP) is 2.35. The third-order valence-corrected chi connectivity index (χ3v) is 4.33. The summed E-state index contributed by atoms with van der Waals surface area (Å²) < 4.78 is 10.5. The van der Waals surface area contributed by atoms with Crippen LogP contribution in [0.3, 0.4) is 0 Å². The van der Waals surface area contributed by atoms with E-state index in [1.807, 2.05) is 6.07 Å². The first-order valence-corrected chi connectivity index (χ1v) is 8.34. The minimum atomic E-state index is -0.549. The second-order valence-electron chi connectivity index (χ2n) is 6.16. The van der Waals surface area contributed by atoms with Gasteiger partial charge in [-0.05, 0) is 30.9 Å². The molecule has 2 rings (SSSR count). The summed E-state index contributed by atoms with van der Waals surface area (Å²) >= 11 is 0. The second kappa shape index (κ2) is 8.92. The molecule has 0 saturated heterocycles. The monoisotopic (exact) mass is 345 g/mol. The Labute approximate surface area is 147 Å². The molecular weight excluding hydrogens is 322 g/mol. The minimum Gasteiger partial charge on any atom is -0.493 e. The van der Waals surface area contributed by atoms with E-state index in [9.17, 15) is 9.59 Å². The minimum absolute atomic E-state index is 0.0982. The van der Waals surface area contributed by atoms with Crippen molar-refractivity contribution in [3.63, 3.8) is 0 Å². The molecule has 0 bridgehead atoms. The zero-order chi connectivity index (χ0) is 18.2. The maximum atomic E-state index is 11.9. The molecule has 0 radical (unpaired) electrons. The van der Waals surface area contributed by atoms with Gasteiger partial charge in [0.25, 0.3) is 5.91 Å². The van der Waals surface area contributed by atoms with Gasteiger partial charge in [0.1, 0.15) is 0 Å². The number of methoxy groups -OCH3 is 1. The van der Waals surface area contributed by atoms with Gasteiger partial charge in [0.2, 0.25) is 0 Å². The maximum absolute atomic E-state index is 11.9. The summed E-state index contributed by atoms with van der Waals surface area (Å²) in [6.07, 6.45) is 4.28. The molecule has 3 amide bonds. The van der Waals surface area contributed by atoms with Gasteiger partial charge >= 0.3 is 6.03 Å². The molecule has 1 aliphatic rings. The van der Waals surface area contributed by atoms with Crippen LogP contribution in [0.1, 0.15) is 38.2 Å². The zero-order valence-electron chi connectivity index (χ0n) is 14.5. The van der Waals surface area contributed by atoms with E-state index < -0.39 is 11.9 Å². The number of hydrogen-bond donors (Lipinski definition) is 2. The summed E-state index contributed by atoms with van der Waals surface area (Å²) in [5.74, 6) is 0.548. The number of hydrogen-bond acceptors (Lipinski definition) is 5. The van der Waals surface area contributed by atoms with Crippen LogP contribution in [0.15, 0.2) is 18.2 Å². The zero-order valence-corrected chi connectivity index (χ0v) is 14.5. The third-order valence-electron chi connectivity index (χ3n) is 4.33. The molecule has 1 aliphatic carbocycles. The SMILES string of the molecule is COc1cc(C#N)ccc1OCC(=O)NC(=O)N[C@H]1CCCC[C@@H]1C. The standard InChI is InChI=1S/C18H23N3O4/c1-12-5-3-4-6-14(12)20-18(23)21-17(22)11-25-15-8-7-13(10-19)9-16(15)24-2/h7-9,12,14H,3-6,11H2,1-2H3,(H2,20,21,22,23)/t12-,14-/m0/s1. The number of nitriles is 1. The molecule has 7 nitrogen and oxygen atoms in total. The molecule has 1 aromatic carbocycles. The van der Waals surface area contributed by atoms with Gasteiger partial charge < -0.3 is 14.8 Å². The average Bonchev–Trinajstić information content (AvgIpc) is 2.61. The first kappa shape index (κ1) is 18.6. The number of ether oxygens (including phenoxy) is 2. The molecule has 134 valence electrons. The van der Waals surface area contributed by atoms with Gasteiger partial charge in [-0.25, -0.2) is 4.79 Å². The summed E-state index contributed by atoms with van der Waals surface area (Å²) in [6.45, 7) is 1.78. The lowest BCUT2D eigenvalue weighted by Gasteiger charge is -2.29. The average molecular weight is 345 g/mol. The fourth-order valence-corrected chi connectivity index (χ4v) is 2.90. The number of carbonyl (C=O) groups excluding carboxylic acids is 2. The molecule has 1 aromatic rings. The van der Waals surface area contributed by atoms with Crippen LogP contribution in [0.2, 0.25) is 0 Å². The van der Waals surface area contributed by atoms with Gasteiger partial charge in [-0.1, -0.05) is 19.8 Å². The molecular formula is C18H23N3O4. The molecule has 0 heterocycles. The maximum Gasteiger partial charge on any atom is 0.321 e. The number of rotatable bonds is 5. The Hall–Kier alpha value is -2.75.